The van der Waals surface area contributed by atoms with Crippen LogP contribution in [0.4, 0.5) is 0 Å². The van der Waals surface area contributed by atoms with E-state index in [4.69, 9.17) is 11.6 Å². The van der Waals surface area contributed by atoms with Gasteiger partial charge < -0.3 is 5.11 Å². The quantitative estimate of drug-likeness (QED) is 0.671. The van der Waals surface area contributed by atoms with Crippen LogP contribution in [0.15, 0.2) is 48.0 Å². The van der Waals surface area contributed by atoms with E-state index in [1.54, 1.807) is 11.3 Å². The molecule has 1 saturated heterocycles. The van der Waals surface area contributed by atoms with Gasteiger partial charge in [-0.1, -0.05) is 35.0 Å². The maximum absolute atomic E-state index is 10.9. The molecule has 1 aromatic carbocycles. The lowest BCUT2D eigenvalue weighted by molar-refractivity contribution is -0.0131. The van der Waals surface area contributed by atoms with E-state index in [-0.39, 0.29) is 12.1 Å². The Balaban J connectivity index is 1.43. The summed E-state index contributed by atoms with van der Waals surface area (Å²) in [6.07, 6.45) is 4.76. The molecule has 0 bridgehead atoms. The van der Waals surface area contributed by atoms with Gasteiger partial charge in [0.2, 0.25) is 0 Å². The SMILES string of the molecule is O[C@H]1CN(Cc2cccs2)[C@@H](c2ccc(Cl)cc2)C[C@H]1n1cc(C2CC2)nn1. The highest BCUT2D eigenvalue weighted by molar-refractivity contribution is 7.09. The second-order valence-electron chi connectivity index (χ2n) is 7.84. The standard InChI is InChI=1S/C21H23ClN4OS/c22-16-7-5-15(6-8-16)19-10-20(26-12-18(23-24-26)14-3-4-14)21(27)13-25(19)11-17-2-1-9-28-17/h1-2,5-9,12,14,19-21,27H,3-4,10-11,13H2/t19-,20-,21+/m1/s1. The fourth-order valence-corrected chi connectivity index (χ4v) is 4.99. The van der Waals surface area contributed by atoms with Crippen molar-refractivity contribution >= 4 is 22.9 Å². The second kappa shape index (κ2) is 7.59. The van der Waals surface area contributed by atoms with Crippen LogP contribution >= 0.6 is 22.9 Å². The van der Waals surface area contributed by atoms with Gasteiger partial charge in [0.1, 0.15) is 0 Å². The molecule has 1 saturated carbocycles. The minimum Gasteiger partial charge on any atom is -0.390 e. The summed E-state index contributed by atoms with van der Waals surface area (Å²) in [4.78, 5) is 3.68. The van der Waals surface area contributed by atoms with Crippen LogP contribution in [0.2, 0.25) is 5.02 Å². The molecule has 3 atom stereocenters. The molecular formula is C21H23ClN4OS. The second-order valence-corrected chi connectivity index (χ2v) is 9.31. The van der Waals surface area contributed by atoms with Crippen LogP contribution in [0.25, 0.3) is 0 Å². The average Bonchev–Trinajstić information content (AvgIpc) is 3.20. The van der Waals surface area contributed by atoms with Crippen molar-refractivity contribution in [3.63, 3.8) is 0 Å². The van der Waals surface area contributed by atoms with Crippen molar-refractivity contribution in [2.45, 2.75) is 49.9 Å². The molecule has 5 rings (SSSR count). The Hall–Kier alpha value is -1.73. The summed E-state index contributed by atoms with van der Waals surface area (Å²) in [5, 5.41) is 22.5. The van der Waals surface area contributed by atoms with Crippen LogP contribution in [0, 0.1) is 0 Å². The zero-order valence-corrected chi connectivity index (χ0v) is 17.1. The Morgan fingerprint density at radius 2 is 2.00 bits per heavy atom. The van der Waals surface area contributed by atoms with E-state index in [9.17, 15) is 5.11 Å². The minimum atomic E-state index is -0.475. The number of benzene rings is 1. The number of aromatic nitrogens is 3. The van der Waals surface area contributed by atoms with E-state index in [1.165, 1.54) is 23.3 Å². The van der Waals surface area contributed by atoms with Crippen molar-refractivity contribution in [3.8, 4) is 0 Å². The van der Waals surface area contributed by atoms with Crippen molar-refractivity contribution in [1.29, 1.82) is 0 Å². The number of rotatable bonds is 5. The highest BCUT2D eigenvalue weighted by Gasteiger charge is 2.38. The van der Waals surface area contributed by atoms with Crippen LogP contribution in [0.3, 0.4) is 0 Å². The number of likely N-dealkylation sites (tertiary alicyclic amines) is 1. The maximum atomic E-state index is 10.9. The van der Waals surface area contributed by atoms with Crippen molar-refractivity contribution in [3.05, 3.63) is 69.1 Å². The number of aliphatic hydroxyl groups is 1. The zero-order chi connectivity index (χ0) is 19.1. The predicted molar refractivity (Wildman–Crippen MR) is 111 cm³/mol. The molecule has 0 spiro atoms. The number of nitrogens with zero attached hydrogens (tertiary/aromatic N) is 4. The van der Waals surface area contributed by atoms with E-state index in [0.717, 1.165) is 23.7 Å². The topological polar surface area (TPSA) is 54.2 Å². The number of aliphatic hydroxyl groups excluding tert-OH is 1. The van der Waals surface area contributed by atoms with Crippen molar-refractivity contribution in [2.24, 2.45) is 0 Å². The lowest BCUT2D eigenvalue weighted by Gasteiger charge is -2.42. The van der Waals surface area contributed by atoms with E-state index in [0.29, 0.717) is 12.5 Å². The van der Waals surface area contributed by atoms with Crippen molar-refractivity contribution in [2.75, 3.05) is 6.54 Å². The number of hydrogen-bond acceptors (Lipinski definition) is 5. The summed E-state index contributed by atoms with van der Waals surface area (Å²) in [7, 11) is 0. The summed E-state index contributed by atoms with van der Waals surface area (Å²) in [6.45, 7) is 1.44. The molecule has 1 aliphatic heterocycles. The van der Waals surface area contributed by atoms with Gasteiger partial charge in [-0.05, 0) is 48.4 Å². The number of piperidine rings is 1. The van der Waals surface area contributed by atoms with E-state index in [2.05, 4.69) is 44.9 Å². The predicted octanol–water partition coefficient (Wildman–Crippen LogP) is 4.42. The van der Waals surface area contributed by atoms with Gasteiger partial charge in [-0.15, -0.1) is 16.4 Å². The third-order valence-electron chi connectivity index (χ3n) is 5.83. The van der Waals surface area contributed by atoms with Crippen molar-refractivity contribution < 1.29 is 5.11 Å². The molecule has 0 amide bonds. The Morgan fingerprint density at radius 1 is 1.18 bits per heavy atom. The molecule has 5 nitrogen and oxygen atoms in total. The Bertz CT molecular complexity index is 922. The largest absolute Gasteiger partial charge is 0.390 e. The fourth-order valence-electron chi connectivity index (χ4n) is 4.14. The fraction of sp³-hybridized carbons (Fsp3) is 0.429. The first-order valence-corrected chi connectivity index (χ1v) is 11.0. The van der Waals surface area contributed by atoms with Crippen LogP contribution in [-0.2, 0) is 6.54 Å². The lowest BCUT2D eigenvalue weighted by Crippen LogP contribution is -2.46. The van der Waals surface area contributed by atoms with Crippen LogP contribution in [-0.4, -0.2) is 37.6 Å². The van der Waals surface area contributed by atoms with Crippen LogP contribution in [0.1, 0.15) is 53.4 Å². The maximum Gasteiger partial charge on any atom is 0.0892 e. The molecule has 2 fully saturated rings. The number of thiophene rings is 1. The molecule has 28 heavy (non-hydrogen) atoms. The molecule has 3 heterocycles. The first-order chi connectivity index (χ1) is 13.7. The highest BCUT2D eigenvalue weighted by Crippen LogP contribution is 2.41. The lowest BCUT2D eigenvalue weighted by atomic mass is 9.90. The normalized spacial score (nSPS) is 25.9. The zero-order valence-electron chi connectivity index (χ0n) is 15.5. The van der Waals surface area contributed by atoms with Gasteiger partial charge in [0.15, 0.2) is 0 Å². The third-order valence-corrected chi connectivity index (χ3v) is 6.94. The van der Waals surface area contributed by atoms with Gasteiger partial charge in [-0.2, -0.15) is 0 Å². The molecule has 2 aromatic heterocycles. The van der Waals surface area contributed by atoms with E-state index in [1.807, 2.05) is 23.0 Å². The molecule has 7 heteroatoms. The monoisotopic (exact) mass is 414 g/mol. The number of halogens is 1. The van der Waals surface area contributed by atoms with Gasteiger partial charge in [0.25, 0.3) is 0 Å². The summed E-state index contributed by atoms with van der Waals surface area (Å²) < 4.78 is 1.89. The Kier molecular flexibility index (Phi) is 4.97. The smallest absolute Gasteiger partial charge is 0.0892 e. The summed E-state index contributed by atoms with van der Waals surface area (Å²) in [6, 6.07) is 12.4. The molecule has 1 N–H and O–H groups in total. The van der Waals surface area contributed by atoms with Gasteiger partial charge in [0.05, 0.1) is 17.8 Å². The first kappa shape index (κ1) is 18.3. The summed E-state index contributed by atoms with van der Waals surface area (Å²) >= 11 is 7.87. The molecule has 1 aliphatic carbocycles. The Labute approximate surface area is 173 Å². The van der Waals surface area contributed by atoms with Crippen LogP contribution in [0.5, 0.6) is 0 Å². The molecule has 146 valence electrons. The summed E-state index contributed by atoms with van der Waals surface area (Å²) in [5.74, 6) is 0.567. The van der Waals surface area contributed by atoms with Gasteiger partial charge in [-0.25, -0.2) is 4.68 Å². The van der Waals surface area contributed by atoms with Gasteiger partial charge in [-0.3, -0.25) is 4.90 Å². The van der Waals surface area contributed by atoms with Crippen molar-refractivity contribution in [1.82, 2.24) is 19.9 Å². The van der Waals surface area contributed by atoms with Crippen LogP contribution < -0.4 is 0 Å². The van der Waals surface area contributed by atoms with Gasteiger partial charge >= 0.3 is 0 Å². The average molecular weight is 415 g/mol. The number of β-amino-alcohol motifs (C(OH)–C–C–N with tert-alkyl or cyclic N) is 1. The Morgan fingerprint density at radius 3 is 2.71 bits per heavy atom. The van der Waals surface area contributed by atoms with E-state index < -0.39 is 6.10 Å². The molecule has 3 aromatic rings. The molecule has 0 radical (unpaired) electrons. The highest BCUT2D eigenvalue weighted by atomic mass is 35.5. The number of hydrogen-bond donors (Lipinski definition) is 1. The molecular weight excluding hydrogens is 392 g/mol. The minimum absolute atomic E-state index is 0.0692. The third kappa shape index (κ3) is 3.74. The van der Waals surface area contributed by atoms with E-state index >= 15 is 0 Å². The summed E-state index contributed by atoms with van der Waals surface area (Å²) in [5.41, 5.74) is 2.29. The van der Waals surface area contributed by atoms with Gasteiger partial charge in [0, 0.05) is 41.1 Å². The molecule has 0 unspecified atom stereocenters. The first-order valence-electron chi connectivity index (χ1n) is 9.79. The molecule has 2 aliphatic rings.